The molecule has 0 radical (unpaired) electrons. The van der Waals surface area contributed by atoms with Crippen LogP contribution >= 0.6 is 9.03 Å². The van der Waals surface area contributed by atoms with Crippen molar-refractivity contribution in [3.8, 4) is 17.2 Å². The molecule has 0 saturated carbocycles. The summed E-state index contributed by atoms with van der Waals surface area (Å²) in [5.41, 5.74) is 2.46. The van der Waals surface area contributed by atoms with Gasteiger partial charge in [-0.15, -0.1) is 6.58 Å². The Labute approximate surface area is 341 Å². The Morgan fingerprint density at radius 2 is 1.66 bits per heavy atom. The monoisotopic (exact) mass is 730 g/mol. The predicted molar refractivity (Wildman–Crippen MR) is 184 cm³/mol. The number of piperazine rings is 1. The van der Waals surface area contributed by atoms with Crippen molar-refractivity contribution < 1.29 is 106 Å². The largest absolute Gasteiger partial charge is 1.00 e. The summed E-state index contributed by atoms with van der Waals surface area (Å²) in [5.74, 6) is 0.736. The Balaban J connectivity index is 0. The van der Waals surface area contributed by atoms with Gasteiger partial charge in [0.2, 0.25) is 11.8 Å². The molecule has 262 valence electrons. The van der Waals surface area contributed by atoms with E-state index in [-0.39, 0.29) is 117 Å². The number of carbonyl (C=O) groups excluding carboxylic acids is 3. The summed E-state index contributed by atoms with van der Waals surface area (Å²) in [6.07, 6.45) is 1.72. The number of phenolic OH excluding ortho intramolecular Hbond substituents is 1. The first-order chi connectivity index (χ1) is 22.8. The number of rotatable bonds is 10. The molecule has 6 N–H and O–H groups in total. The van der Waals surface area contributed by atoms with Gasteiger partial charge in [-0.25, -0.2) is 4.79 Å². The van der Waals surface area contributed by atoms with Gasteiger partial charge in [0.1, 0.15) is 27.0 Å². The molecule has 0 aromatic heterocycles. The zero-order valence-corrected chi connectivity index (χ0v) is 33.9. The fourth-order valence-corrected chi connectivity index (χ4v) is 6.15. The number of fused-ring (bicyclic) bond motifs is 1. The Hall–Kier alpha value is -2.68. The van der Waals surface area contributed by atoms with Crippen LogP contribution in [0.5, 0.6) is 17.2 Å². The summed E-state index contributed by atoms with van der Waals surface area (Å²) in [6, 6.07) is 20.1. The number of para-hydroxylation sites is 1. The number of hydrogen-bond donors (Lipinski definition) is 4. The second-order valence-electron chi connectivity index (χ2n) is 11.1. The minimum atomic E-state index is -0.917. The second-order valence-corrected chi connectivity index (χ2v) is 11.3. The molecule has 2 saturated heterocycles. The molecule has 50 heavy (non-hydrogen) atoms. The SMILES string of the molecule is C=CC[C@@H]1CC(=O)N2[C@H](CN(Cc3cccc(OC)c3OC)C(=O)[C@@H]2Cc2ccc(O)cc2)N1C(=O)NCc1ccccc1.O.OPO.[H-].[H-].[Na+].[Na+]. The molecule has 3 aromatic carbocycles. The number of hydrogen-bond acceptors (Lipinski definition) is 8. The summed E-state index contributed by atoms with van der Waals surface area (Å²) in [7, 11) is 2.19. The van der Waals surface area contributed by atoms with Crippen LogP contribution in [0.4, 0.5) is 4.79 Å². The predicted octanol–water partition coefficient (Wildman–Crippen LogP) is -3.03. The maximum atomic E-state index is 14.2. The normalized spacial score (nSPS) is 17.8. The van der Waals surface area contributed by atoms with Crippen LogP contribution in [0.3, 0.4) is 0 Å². The van der Waals surface area contributed by atoms with E-state index in [4.69, 9.17) is 19.3 Å². The summed E-state index contributed by atoms with van der Waals surface area (Å²) in [6.45, 7) is 4.50. The Bertz CT molecular complexity index is 1550. The molecule has 0 unspecified atom stereocenters. The summed E-state index contributed by atoms with van der Waals surface area (Å²) < 4.78 is 11.1. The van der Waals surface area contributed by atoms with Crippen LogP contribution in [0, 0.1) is 0 Å². The molecule has 0 bridgehead atoms. The number of methoxy groups -OCH3 is 2. The zero-order chi connectivity index (χ0) is 33.9. The van der Waals surface area contributed by atoms with Crippen LogP contribution in [-0.2, 0) is 29.1 Å². The number of amides is 4. The third-order valence-electron chi connectivity index (χ3n) is 8.22. The van der Waals surface area contributed by atoms with E-state index in [1.807, 2.05) is 42.5 Å². The Kier molecular flexibility index (Phi) is 20.2. The average molecular weight is 731 g/mol. The Morgan fingerprint density at radius 1 is 1.00 bits per heavy atom. The van der Waals surface area contributed by atoms with Crippen molar-refractivity contribution in [3.05, 3.63) is 102 Å². The smallest absolute Gasteiger partial charge is 1.00 e. The van der Waals surface area contributed by atoms with Crippen molar-refractivity contribution >= 4 is 26.9 Å². The maximum Gasteiger partial charge on any atom is 1.00 e. The molecule has 3 aromatic rings. The van der Waals surface area contributed by atoms with Gasteiger partial charge in [0.15, 0.2) is 11.5 Å². The van der Waals surface area contributed by atoms with Gasteiger partial charge in [-0.3, -0.25) is 14.5 Å². The number of nitrogens with zero attached hydrogens (tertiary/aromatic N) is 3. The molecular formula is C34H45N4Na2O9P. The number of nitrogens with one attached hydrogen (secondary N) is 1. The van der Waals surface area contributed by atoms with E-state index in [1.165, 1.54) is 0 Å². The molecule has 13 nitrogen and oxygen atoms in total. The number of benzene rings is 3. The molecule has 3 atom stereocenters. The zero-order valence-electron chi connectivity index (χ0n) is 30.9. The molecule has 5 rings (SSSR count). The van der Waals surface area contributed by atoms with Crippen molar-refractivity contribution in [2.75, 3.05) is 20.8 Å². The first-order valence-corrected chi connectivity index (χ1v) is 16.0. The van der Waals surface area contributed by atoms with E-state index in [9.17, 15) is 19.5 Å². The van der Waals surface area contributed by atoms with Crippen molar-refractivity contribution in [3.63, 3.8) is 0 Å². The van der Waals surface area contributed by atoms with Gasteiger partial charge in [-0.2, -0.15) is 0 Å². The fourth-order valence-electron chi connectivity index (χ4n) is 6.15. The number of urea groups is 1. The first-order valence-electron chi connectivity index (χ1n) is 15.1. The van der Waals surface area contributed by atoms with Crippen molar-refractivity contribution in [2.24, 2.45) is 0 Å². The molecule has 4 amide bonds. The third-order valence-corrected chi connectivity index (χ3v) is 8.22. The van der Waals surface area contributed by atoms with Gasteiger partial charge < -0.3 is 47.8 Å². The van der Waals surface area contributed by atoms with Crippen LogP contribution < -0.4 is 73.9 Å². The maximum absolute atomic E-state index is 14.2. The first kappa shape index (κ1) is 45.3. The van der Waals surface area contributed by atoms with E-state index in [0.717, 1.165) is 16.7 Å². The van der Waals surface area contributed by atoms with Gasteiger partial charge >= 0.3 is 65.1 Å². The second kappa shape index (κ2) is 22.3. The van der Waals surface area contributed by atoms with Crippen molar-refractivity contribution in [2.45, 2.75) is 50.6 Å². The van der Waals surface area contributed by atoms with Crippen LogP contribution in [0.2, 0.25) is 0 Å². The summed E-state index contributed by atoms with van der Waals surface area (Å²) >= 11 is 0. The third kappa shape index (κ3) is 11.2. The van der Waals surface area contributed by atoms with Crippen LogP contribution in [0.1, 0.15) is 32.4 Å². The molecule has 2 fully saturated rings. The quantitative estimate of drug-likeness (QED) is 0.0965. The van der Waals surface area contributed by atoms with E-state index >= 15 is 0 Å². The van der Waals surface area contributed by atoms with Gasteiger partial charge in [-0.1, -0.05) is 60.7 Å². The van der Waals surface area contributed by atoms with Crippen LogP contribution in [-0.4, -0.2) is 91.9 Å². The molecule has 16 heteroatoms. The van der Waals surface area contributed by atoms with Crippen molar-refractivity contribution in [1.82, 2.24) is 20.0 Å². The van der Waals surface area contributed by atoms with Crippen molar-refractivity contribution in [1.29, 1.82) is 0 Å². The van der Waals surface area contributed by atoms with Crippen LogP contribution in [0.15, 0.2) is 85.5 Å². The molecular weight excluding hydrogens is 685 g/mol. The molecule has 0 spiro atoms. The number of ether oxygens (including phenoxy) is 2. The minimum absolute atomic E-state index is 0. The standard InChI is InChI=1S/C34H38N4O6.2Na.H3O2P.H2O.2H/c1-4-9-26-19-31(40)38-28(18-23-14-16-27(39)17-15-23)33(41)36(21-25-12-8-13-29(43-2)32(25)44-3)22-30(38)37(26)34(42)35-20-24-10-6-5-7-11-24;;;1-3-2;;;/h4-8,10-17,26,28,30,39H,1,9,18-22H2,2-3H3,(H,35,42);;;1-3H;1H2;;/q;2*+1;;;2*-1/t26-,28+,30-;;;;;;/m1....../s1. The van der Waals surface area contributed by atoms with E-state index in [2.05, 4.69) is 11.9 Å². The number of carbonyl (C=O) groups is 3. The summed E-state index contributed by atoms with van der Waals surface area (Å²) in [4.78, 5) is 61.2. The van der Waals surface area contributed by atoms with E-state index in [1.54, 1.807) is 65.3 Å². The van der Waals surface area contributed by atoms with Gasteiger partial charge in [0, 0.05) is 37.5 Å². The molecule has 2 aliphatic rings. The minimum Gasteiger partial charge on any atom is -1.00 e. The molecule has 2 heterocycles. The van der Waals surface area contributed by atoms with E-state index < -0.39 is 27.3 Å². The molecule has 2 aliphatic heterocycles. The number of aromatic hydroxyl groups is 1. The topological polar surface area (TPSA) is 184 Å². The average Bonchev–Trinajstić information content (AvgIpc) is 3.07. The fraction of sp³-hybridized carbons (Fsp3) is 0.324. The van der Waals surface area contributed by atoms with Gasteiger partial charge in [-0.05, 0) is 35.7 Å². The number of phenols is 1. The summed E-state index contributed by atoms with van der Waals surface area (Å²) in [5, 5.41) is 12.9. The van der Waals surface area contributed by atoms with E-state index in [0.29, 0.717) is 24.5 Å². The van der Waals surface area contributed by atoms with Gasteiger partial charge in [0.25, 0.3) is 0 Å². The molecule has 0 aliphatic carbocycles. The van der Waals surface area contributed by atoms with Gasteiger partial charge in [0.05, 0.1) is 20.8 Å². The van der Waals surface area contributed by atoms with Crippen LogP contribution in [0.25, 0.3) is 0 Å². The Morgan fingerprint density at radius 3 is 2.26 bits per heavy atom.